The minimum absolute atomic E-state index is 0.170. The number of carboxylic acid groups (broad SMARTS) is 1. The molecule has 2 heterocycles. The lowest BCUT2D eigenvalue weighted by atomic mass is 10.0. The molecule has 3 rings (SSSR count). The smallest absolute Gasteiger partial charge is 0.306 e. The number of nitrogens with zero attached hydrogens (tertiary/aromatic N) is 5. The molecule has 0 aliphatic carbocycles. The minimum atomic E-state index is -0.978. The summed E-state index contributed by atoms with van der Waals surface area (Å²) < 4.78 is 20.1. The molecule has 0 bridgehead atoms. The number of carboxylic acids is 1. The van der Waals surface area contributed by atoms with Gasteiger partial charge in [-0.25, -0.2) is 9.07 Å². The molecule has 1 aromatic carbocycles. The number of aryl methyl sites for hydroxylation is 1. The maximum absolute atomic E-state index is 13.2. The molecule has 2 aromatic rings. The fourth-order valence-corrected chi connectivity index (χ4v) is 3.10. The van der Waals surface area contributed by atoms with Crippen LogP contribution in [0, 0.1) is 12.7 Å². The molecule has 144 valence electrons. The van der Waals surface area contributed by atoms with Crippen molar-refractivity contribution in [1.82, 2.24) is 25.1 Å². The first-order valence-electron chi connectivity index (χ1n) is 8.55. The molecule has 2 unspecified atom stereocenters. The van der Waals surface area contributed by atoms with Gasteiger partial charge < -0.3 is 14.7 Å². The second-order valence-corrected chi connectivity index (χ2v) is 6.39. The van der Waals surface area contributed by atoms with E-state index in [1.165, 1.54) is 16.8 Å². The molecule has 9 nitrogen and oxygen atoms in total. The van der Waals surface area contributed by atoms with Gasteiger partial charge in [0.05, 0.1) is 19.1 Å². The Morgan fingerprint density at radius 1 is 1.37 bits per heavy atom. The molecule has 0 spiro atoms. The van der Waals surface area contributed by atoms with Crippen molar-refractivity contribution in [2.24, 2.45) is 0 Å². The molecular formula is C17H20FN5O4. The molecule has 2 atom stereocenters. The Kier molecular flexibility index (Phi) is 5.75. The number of tetrazole rings is 1. The van der Waals surface area contributed by atoms with Gasteiger partial charge in [-0.3, -0.25) is 9.59 Å². The van der Waals surface area contributed by atoms with E-state index >= 15 is 0 Å². The Morgan fingerprint density at radius 2 is 2.11 bits per heavy atom. The Labute approximate surface area is 154 Å². The Hall–Kier alpha value is -2.88. The topological polar surface area (TPSA) is 110 Å². The molecule has 1 amide bonds. The average molecular weight is 377 g/mol. The summed E-state index contributed by atoms with van der Waals surface area (Å²) in [6.07, 6.45) is -0.441. The fourth-order valence-electron chi connectivity index (χ4n) is 3.10. The summed E-state index contributed by atoms with van der Waals surface area (Å²) in [6, 6.07) is 5.18. The number of morpholine rings is 1. The summed E-state index contributed by atoms with van der Waals surface area (Å²) in [5.41, 5.74) is 0.764. The Bertz CT molecular complexity index is 810. The van der Waals surface area contributed by atoms with Gasteiger partial charge in [-0.15, -0.1) is 5.10 Å². The SMILES string of the molecule is Cc1nnnn1C(Cc1ccc(F)cc1)C(=O)N1CCOC(CC(=O)O)C1. The van der Waals surface area contributed by atoms with E-state index < -0.39 is 18.1 Å². The van der Waals surface area contributed by atoms with Crippen LogP contribution in [0.15, 0.2) is 24.3 Å². The molecule has 0 saturated carbocycles. The fraction of sp³-hybridized carbons (Fsp3) is 0.471. The van der Waals surface area contributed by atoms with Crippen LogP contribution in [0.3, 0.4) is 0 Å². The first kappa shape index (κ1) is 18.9. The minimum Gasteiger partial charge on any atom is -0.481 e. The van der Waals surface area contributed by atoms with Gasteiger partial charge in [0.2, 0.25) is 5.91 Å². The average Bonchev–Trinajstić information content (AvgIpc) is 3.06. The third kappa shape index (κ3) is 4.64. The molecule has 1 fully saturated rings. The van der Waals surface area contributed by atoms with Crippen molar-refractivity contribution >= 4 is 11.9 Å². The van der Waals surface area contributed by atoms with Gasteiger partial charge >= 0.3 is 5.97 Å². The monoisotopic (exact) mass is 377 g/mol. The number of halogens is 1. The van der Waals surface area contributed by atoms with Gasteiger partial charge in [-0.05, 0) is 35.0 Å². The van der Waals surface area contributed by atoms with Crippen LogP contribution in [0.4, 0.5) is 4.39 Å². The van der Waals surface area contributed by atoms with E-state index in [2.05, 4.69) is 15.5 Å². The molecule has 1 N–H and O–H groups in total. The van der Waals surface area contributed by atoms with Crippen molar-refractivity contribution in [3.63, 3.8) is 0 Å². The summed E-state index contributed by atoms with van der Waals surface area (Å²) >= 11 is 0. The number of amides is 1. The number of hydrogen-bond acceptors (Lipinski definition) is 6. The van der Waals surface area contributed by atoms with Gasteiger partial charge in [0.1, 0.15) is 17.7 Å². The van der Waals surface area contributed by atoms with Gasteiger partial charge in [0.25, 0.3) is 0 Å². The lowest BCUT2D eigenvalue weighted by Gasteiger charge is -2.34. The van der Waals surface area contributed by atoms with Crippen LogP contribution >= 0.6 is 0 Å². The first-order chi connectivity index (χ1) is 12.9. The summed E-state index contributed by atoms with van der Waals surface area (Å²) in [6.45, 7) is 2.50. The van der Waals surface area contributed by atoms with E-state index in [0.29, 0.717) is 12.4 Å². The standard InChI is InChI=1S/C17H20FN5O4/c1-11-19-20-21-23(11)15(8-12-2-4-13(18)5-3-12)17(26)22-6-7-27-14(10-22)9-16(24)25/h2-5,14-15H,6-10H2,1H3,(H,24,25). The van der Waals surface area contributed by atoms with Crippen molar-refractivity contribution in [3.8, 4) is 0 Å². The molecule has 1 saturated heterocycles. The number of benzene rings is 1. The zero-order valence-electron chi connectivity index (χ0n) is 14.8. The van der Waals surface area contributed by atoms with Crippen molar-refractivity contribution in [2.75, 3.05) is 19.7 Å². The van der Waals surface area contributed by atoms with Crippen LogP contribution in [0.1, 0.15) is 23.9 Å². The normalized spacial score (nSPS) is 18.3. The highest BCUT2D eigenvalue weighted by Crippen LogP contribution is 2.20. The number of aliphatic carboxylic acids is 1. The molecule has 0 radical (unpaired) electrons. The second kappa shape index (κ2) is 8.21. The van der Waals surface area contributed by atoms with Crippen LogP contribution in [-0.4, -0.2) is 67.9 Å². The molecular weight excluding hydrogens is 357 g/mol. The lowest BCUT2D eigenvalue weighted by molar-refractivity contribution is -0.149. The molecule has 1 aromatic heterocycles. The maximum Gasteiger partial charge on any atom is 0.306 e. The highest BCUT2D eigenvalue weighted by Gasteiger charge is 2.32. The van der Waals surface area contributed by atoms with Crippen LogP contribution in [0.5, 0.6) is 0 Å². The summed E-state index contributed by atoms with van der Waals surface area (Å²) in [7, 11) is 0. The third-order valence-corrected chi connectivity index (χ3v) is 4.43. The third-order valence-electron chi connectivity index (χ3n) is 4.43. The predicted octanol–water partition coefficient (Wildman–Crippen LogP) is 0.607. The Morgan fingerprint density at radius 3 is 2.74 bits per heavy atom. The lowest BCUT2D eigenvalue weighted by Crippen LogP contribution is -2.49. The number of rotatable bonds is 6. The van der Waals surface area contributed by atoms with E-state index in [9.17, 15) is 14.0 Å². The molecule has 1 aliphatic heterocycles. The summed E-state index contributed by atoms with van der Waals surface area (Å²) in [4.78, 5) is 25.7. The predicted molar refractivity (Wildman–Crippen MR) is 90.3 cm³/mol. The zero-order chi connectivity index (χ0) is 19.4. The quantitative estimate of drug-likeness (QED) is 0.785. The van der Waals surface area contributed by atoms with E-state index in [4.69, 9.17) is 9.84 Å². The van der Waals surface area contributed by atoms with Crippen LogP contribution in [0.25, 0.3) is 0 Å². The van der Waals surface area contributed by atoms with E-state index in [0.717, 1.165) is 5.56 Å². The molecule has 1 aliphatic rings. The van der Waals surface area contributed by atoms with Crippen molar-refractivity contribution in [1.29, 1.82) is 0 Å². The highest BCUT2D eigenvalue weighted by molar-refractivity contribution is 5.81. The van der Waals surface area contributed by atoms with Crippen molar-refractivity contribution in [2.45, 2.75) is 31.9 Å². The number of aromatic nitrogens is 4. The zero-order valence-corrected chi connectivity index (χ0v) is 14.8. The van der Waals surface area contributed by atoms with Crippen LogP contribution in [-0.2, 0) is 20.7 Å². The highest BCUT2D eigenvalue weighted by atomic mass is 19.1. The molecule has 27 heavy (non-hydrogen) atoms. The summed E-state index contributed by atoms with van der Waals surface area (Å²) in [5, 5.41) is 20.3. The Balaban J connectivity index is 1.81. The van der Waals surface area contributed by atoms with E-state index in [1.807, 2.05) is 0 Å². The van der Waals surface area contributed by atoms with Crippen LogP contribution < -0.4 is 0 Å². The maximum atomic E-state index is 13.2. The number of carbonyl (C=O) groups excluding carboxylic acids is 1. The van der Waals surface area contributed by atoms with Crippen molar-refractivity contribution in [3.05, 3.63) is 41.5 Å². The van der Waals surface area contributed by atoms with E-state index in [-0.39, 0.29) is 37.7 Å². The first-order valence-corrected chi connectivity index (χ1v) is 8.55. The number of ether oxygens (including phenoxy) is 1. The largest absolute Gasteiger partial charge is 0.481 e. The molecule has 10 heteroatoms. The van der Waals surface area contributed by atoms with Gasteiger partial charge in [0, 0.05) is 19.5 Å². The van der Waals surface area contributed by atoms with Gasteiger partial charge in [-0.1, -0.05) is 12.1 Å². The van der Waals surface area contributed by atoms with Crippen molar-refractivity contribution < 1.29 is 23.8 Å². The van der Waals surface area contributed by atoms with Gasteiger partial charge in [0.15, 0.2) is 0 Å². The van der Waals surface area contributed by atoms with Gasteiger partial charge in [-0.2, -0.15) is 0 Å². The van der Waals surface area contributed by atoms with Crippen LogP contribution in [0.2, 0.25) is 0 Å². The number of hydrogen-bond donors (Lipinski definition) is 1. The summed E-state index contributed by atoms with van der Waals surface area (Å²) in [5.74, 6) is -1.09. The second-order valence-electron chi connectivity index (χ2n) is 6.39. The van der Waals surface area contributed by atoms with E-state index in [1.54, 1.807) is 24.0 Å². The number of carbonyl (C=O) groups is 2.